The molecule has 1 unspecified atom stereocenters. The molecule has 0 saturated carbocycles. The van der Waals surface area contributed by atoms with Crippen LogP contribution in [0, 0.1) is 11.6 Å². The van der Waals surface area contributed by atoms with Crippen LogP contribution < -0.4 is 4.74 Å². The zero-order valence-corrected chi connectivity index (χ0v) is 18.4. The van der Waals surface area contributed by atoms with E-state index < -0.39 is 11.9 Å². The zero-order chi connectivity index (χ0) is 21.5. The fourth-order valence-electron chi connectivity index (χ4n) is 3.46. The van der Waals surface area contributed by atoms with Crippen LogP contribution in [-0.4, -0.2) is 73.2 Å². The van der Waals surface area contributed by atoms with Crippen molar-refractivity contribution in [2.45, 2.75) is 18.9 Å². The molecule has 0 radical (unpaired) electrons. The molecule has 2 aromatic carbocycles. The standard InChI is InChI=1S/C23H28F2N2O3.ClH/c1-26-10-12-27(13-11-26)15-20(28)16-30-23-9-7-19(25)14-21(23)22(29)8-4-17-2-5-18(24)6-3-17;/h2-3,5-7,9,14,20,28H,4,8,10-13,15-16H2,1H3;1H. The molecule has 1 aliphatic heterocycles. The quantitative estimate of drug-likeness (QED) is 0.590. The molecule has 31 heavy (non-hydrogen) atoms. The van der Waals surface area contributed by atoms with Gasteiger partial charge in [0.25, 0.3) is 0 Å². The molecule has 1 saturated heterocycles. The molecule has 1 atom stereocenters. The summed E-state index contributed by atoms with van der Waals surface area (Å²) in [6.07, 6.45) is -0.142. The Kier molecular flexibility index (Phi) is 9.84. The summed E-state index contributed by atoms with van der Waals surface area (Å²) in [6.45, 7) is 4.20. The summed E-state index contributed by atoms with van der Waals surface area (Å²) in [5.74, 6) is -0.855. The van der Waals surface area contributed by atoms with Gasteiger partial charge in [-0.1, -0.05) is 12.1 Å². The first-order valence-electron chi connectivity index (χ1n) is 10.2. The van der Waals surface area contributed by atoms with Crippen molar-refractivity contribution in [3.8, 4) is 5.75 Å². The second kappa shape index (κ2) is 12.1. The second-order valence-corrected chi connectivity index (χ2v) is 7.76. The monoisotopic (exact) mass is 454 g/mol. The molecular formula is C23H29ClF2N2O3. The van der Waals surface area contributed by atoms with Crippen LogP contribution in [0.5, 0.6) is 5.75 Å². The molecule has 1 heterocycles. The van der Waals surface area contributed by atoms with Gasteiger partial charge in [-0.05, 0) is 49.4 Å². The number of hydrogen-bond acceptors (Lipinski definition) is 5. The summed E-state index contributed by atoms with van der Waals surface area (Å²) in [5, 5.41) is 10.3. The van der Waals surface area contributed by atoms with Crippen molar-refractivity contribution in [3.63, 3.8) is 0 Å². The second-order valence-electron chi connectivity index (χ2n) is 7.76. The number of Topliss-reactive ketones (excluding diaryl/α,β-unsaturated/α-hetero) is 1. The lowest BCUT2D eigenvalue weighted by molar-refractivity contribution is 0.0500. The lowest BCUT2D eigenvalue weighted by Crippen LogP contribution is -2.47. The zero-order valence-electron chi connectivity index (χ0n) is 17.6. The minimum Gasteiger partial charge on any atom is -0.490 e. The Balaban J connectivity index is 0.00000341. The highest BCUT2D eigenvalue weighted by Crippen LogP contribution is 2.22. The first kappa shape index (κ1) is 25.2. The van der Waals surface area contributed by atoms with E-state index in [1.54, 1.807) is 12.1 Å². The van der Waals surface area contributed by atoms with Crippen molar-refractivity contribution in [2.75, 3.05) is 46.4 Å². The number of nitrogens with zero attached hydrogens (tertiary/aromatic N) is 2. The summed E-state index contributed by atoms with van der Waals surface area (Å²) in [7, 11) is 2.07. The number of aliphatic hydroxyl groups is 1. The van der Waals surface area contributed by atoms with Gasteiger partial charge in [-0.3, -0.25) is 9.69 Å². The minimum absolute atomic E-state index is 0. The lowest BCUT2D eigenvalue weighted by Gasteiger charge is -2.33. The highest BCUT2D eigenvalue weighted by atomic mass is 35.5. The molecule has 1 aliphatic rings. The van der Waals surface area contributed by atoms with Crippen LogP contribution in [-0.2, 0) is 6.42 Å². The number of β-amino-alcohol motifs (C(OH)–C–C–N with tert-alkyl or cyclic N) is 1. The van der Waals surface area contributed by atoms with Gasteiger partial charge in [0.2, 0.25) is 0 Å². The van der Waals surface area contributed by atoms with Gasteiger partial charge in [0, 0.05) is 39.1 Å². The fraction of sp³-hybridized carbons (Fsp3) is 0.435. The highest BCUT2D eigenvalue weighted by molar-refractivity contribution is 5.98. The predicted molar refractivity (Wildman–Crippen MR) is 118 cm³/mol. The molecule has 2 aromatic rings. The maximum Gasteiger partial charge on any atom is 0.167 e. The first-order chi connectivity index (χ1) is 14.4. The van der Waals surface area contributed by atoms with Crippen molar-refractivity contribution in [3.05, 3.63) is 65.2 Å². The minimum atomic E-state index is -0.708. The number of aliphatic hydroxyl groups excluding tert-OH is 1. The Morgan fingerprint density at radius 1 is 1.06 bits per heavy atom. The number of carbonyl (C=O) groups excluding carboxylic acids is 1. The van der Waals surface area contributed by atoms with Crippen LogP contribution in [0.3, 0.4) is 0 Å². The van der Waals surface area contributed by atoms with Gasteiger partial charge in [0.05, 0.1) is 5.56 Å². The molecule has 1 fully saturated rings. The van der Waals surface area contributed by atoms with E-state index in [0.717, 1.165) is 37.8 Å². The summed E-state index contributed by atoms with van der Waals surface area (Å²) >= 11 is 0. The Labute approximate surface area is 188 Å². The maximum absolute atomic E-state index is 13.7. The third-order valence-corrected chi connectivity index (χ3v) is 5.29. The van der Waals surface area contributed by atoms with Crippen LogP contribution in [0.15, 0.2) is 42.5 Å². The number of hydrogen-bond donors (Lipinski definition) is 1. The van der Waals surface area contributed by atoms with Crippen molar-refractivity contribution in [1.82, 2.24) is 9.80 Å². The molecule has 5 nitrogen and oxygen atoms in total. The number of ketones is 1. The number of piperazine rings is 1. The summed E-state index contributed by atoms with van der Waals surface area (Å²) in [6, 6.07) is 9.76. The van der Waals surface area contributed by atoms with Gasteiger partial charge >= 0.3 is 0 Å². The van der Waals surface area contributed by atoms with E-state index in [1.807, 2.05) is 0 Å². The number of benzene rings is 2. The average molecular weight is 455 g/mol. The van der Waals surface area contributed by atoms with Crippen molar-refractivity contribution < 1.29 is 23.4 Å². The molecule has 3 rings (SSSR count). The van der Waals surface area contributed by atoms with Crippen molar-refractivity contribution in [1.29, 1.82) is 0 Å². The molecule has 0 spiro atoms. The smallest absolute Gasteiger partial charge is 0.167 e. The summed E-state index contributed by atoms with van der Waals surface area (Å²) in [4.78, 5) is 17.1. The fourth-order valence-corrected chi connectivity index (χ4v) is 3.46. The maximum atomic E-state index is 13.7. The number of likely N-dealkylation sites (N-methyl/N-ethyl adjacent to an activating group) is 1. The SMILES string of the molecule is CN1CCN(CC(O)COc2ccc(F)cc2C(=O)CCc2ccc(F)cc2)CC1.Cl. The van der Waals surface area contributed by atoms with Crippen LogP contribution in [0.1, 0.15) is 22.3 Å². The van der Waals surface area contributed by atoms with E-state index in [0.29, 0.717) is 13.0 Å². The Morgan fingerprint density at radius 3 is 2.39 bits per heavy atom. The molecular weight excluding hydrogens is 426 g/mol. The Morgan fingerprint density at radius 2 is 1.71 bits per heavy atom. The number of ether oxygens (including phenoxy) is 1. The van der Waals surface area contributed by atoms with Crippen LogP contribution in [0.2, 0.25) is 0 Å². The van der Waals surface area contributed by atoms with Gasteiger partial charge in [-0.15, -0.1) is 12.4 Å². The average Bonchev–Trinajstić information content (AvgIpc) is 2.74. The first-order valence-corrected chi connectivity index (χ1v) is 10.2. The van der Waals surface area contributed by atoms with E-state index in [1.165, 1.54) is 24.3 Å². The number of carbonyl (C=O) groups is 1. The van der Waals surface area contributed by atoms with E-state index in [2.05, 4.69) is 16.8 Å². The summed E-state index contributed by atoms with van der Waals surface area (Å²) in [5.41, 5.74) is 0.982. The lowest BCUT2D eigenvalue weighted by atomic mass is 10.0. The van der Waals surface area contributed by atoms with Crippen molar-refractivity contribution >= 4 is 18.2 Å². The molecule has 0 amide bonds. The molecule has 170 valence electrons. The predicted octanol–water partition coefficient (Wildman–Crippen LogP) is 3.19. The van der Waals surface area contributed by atoms with Gasteiger partial charge in [0.15, 0.2) is 5.78 Å². The topological polar surface area (TPSA) is 53.0 Å². The molecule has 8 heteroatoms. The van der Waals surface area contributed by atoms with Crippen molar-refractivity contribution in [2.24, 2.45) is 0 Å². The van der Waals surface area contributed by atoms with E-state index in [4.69, 9.17) is 4.74 Å². The molecule has 0 aliphatic carbocycles. The van der Waals surface area contributed by atoms with E-state index in [9.17, 15) is 18.7 Å². The summed E-state index contributed by atoms with van der Waals surface area (Å²) < 4.78 is 32.4. The van der Waals surface area contributed by atoms with E-state index >= 15 is 0 Å². The molecule has 1 N–H and O–H groups in total. The normalized spacial score (nSPS) is 15.9. The highest BCUT2D eigenvalue weighted by Gasteiger charge is 2.19. The van der Waals surface area contributed by atoms with Crippen LogP contribution in [0.4, 0.5) is 8.78 Å². The van der Waals surface area contributed by atoms with Gasteiger partial charge < -0.3 is 14.7 Å². The Bertz CT molecular complexity index is 843. The number of rotatable bonds is 9. The molecule has 0 bridgehead atoms. The van der Waals surface area contributed by atoms with Crippen LogP contribution >= 0.6 is 12.4 Å². The van der Waals surface area contributed by atoms with Crippen LogP contribution in [0.25, 0.3) is 0 Å². The van der Waals surface area contributed by atoms with Gasteiger partial charge in [-0.2, -0.15) is 0 Å². The third kappa shape index (κ3) is 7.85. The molecule has 0 aromatic heterocycles. The van der Waals surface area contributed by atoms with Gasteiger partial charge in [-0.25, -0.2) is 8.78 Å². The largest absolute Gasteiger partial charge is 0.490 e. The number of halogens is 3. The van der Waals surface area contributed by atoms with Gasteiger partial charge in [0.1, 0.15) is 30.1 Å². The van der Waals surface area contributed by atoms with E-state index in [-0.39, 0.29) is 48.3 Å². The number of aryl methyl sites for hydroxylation is 1. The Hall–Kier alpha value is -2.06. The third-order valence-electron chi connectivity index (χ3n) is 5.29.